The number of ether oxygens (including phenoxy) is 2. The molecule has 1 aromatic carbocycles. The van der Waals surface area contributed by atoms with Crippen LogP contribution in [0.3, 0.4) is 0 Å². The summed E-state index contributed by atoms with van der Waals surface area (Å²) in [6.07, 6.45) is 0.776. The minimum Gasteiger partial charge on any atom is -0.497 e. The Morgan fingerprint density at radius 3 is 2.79 bits per heavy atom. The zero-order valence-corrected chi connectivity index (χ0v) is 13.1. The molecule has 19 heavy (non-hydrogen) atoms. The van der Waals surface area contributed by atoms with Crippen LogP contribution in [0, 0.1) is 0 Å². The second-order valence-corrected chi connectivity index (χ2v) is 5.85. The zero-order valence-electron chi connectivity index (χ0n) is 10.7. The maximum atomic E-state index is 5.88. The van der Waals surface area contributed by atoms with Crippen molar-refractivity contribution in [2.75, 3.05) is 13.7 Å². The predicted molar refractivity (Wildman–Crippen MR) is 82.1 cm³/mol. The third kappa shape index (κ3) is 3.72. The molecule has 102 valence electrons. The maximum absolute atomic E-state index is 5.88. The van der Waals surface area contributed by atoms with Crippen molar-refractivity contribution >= 4 is 27.3 Å². The minimum atomic E-state index is 0.558. The molecule has 0 bridgehead atoms. The molecule has 0 amide bonds. The van der Waals surface area contributed by atoms with Gasteiger partial charge in [-0.3, -0.25) is 0 Å². The van der Waals surface area contributed by atoms with Gasteiger partial charge in [0.05, 0.1) is 12.0 Å². The number of hydrogen-bond donors (Lipinski definition) is 1. The highest BCUT2D eigenvalue weighted by Crippen LogP contribution is 2.28. The molecule has 0 radical (unpaired) electrons. The lowest BCUT2D eigenvalue weighted by molar-refractivity contribution is 0.305. The van der Waals surface area contributed by atoms with Crippen LogP contribution in [0.5, 0.6) is 11.5 Å². The summed E-state index contributed by atoms with van der Waals surface area (Å²) in [5.41, 5.74) is 6.71. The van der Waals surface area contributed by atoms with E-state index in [1.165, 1.54) is 4.88 Å². The molecular formula is C14H16BrNO2S. The van der Waals surface area contributed by atoms with E-state index in [4.69, 9.17) is 15.2 Å². The second kappa shape index (κ2) is 6.93. The van der Waals surface area contributed by atoms with E-state index in [1.54, 1.807) is 18.4 Å². The van der Waals surface area contributed by atoms with E-state index in [0.29, 0.717) is 13.2 Å². The lowest BCUT2D eigenvalue weighted by atomic mass is 10.1. The summed E-state index contributed by atoms with van der Waals surface area (Å²) in [6, 6.07) is 7.84. The first-order chi connectivity index (χ1) is 9.24. The third-order valence-electron chi connectivity index (χ3n) is 2.73. The van der Waals surface area contributed by atoms with Gasteiger partial charge in [-0.1, -0.05) is 0 Å². The molecule has 0 spiro atoms. The third-order valence-corrected chi connectivity index (χ3v) is 4.63. The van der Waals surface area contributed by atoms with E-state index in [2.05, 4.69) is 15.9 Å². The Morgan fingerprint density at radius 2 is 2.16 bits per heavy atom. The molecule has 0 aliphatic rings. The van der Waals surface area contributed by atoms with E-state index in [1.807, 2.05) is 29.6 Å². The average molecular weight is 342 g/mol. The first kappa shape index (κ1) is 14.4. The SMILES string of the molecule is COc1ccc(OCc2sccc2Br)c(CCN)c1. The van der Waals surface area contributed by atoms with Gasteiger partial charge in [-0.05, 0) is 64.1 Å². The molecule has 3 nitrogen and oxygen atoms in total. The van der Waals surface area contributed by atoms with Gasteiger partial charge in [-0.2, -0.15) is 0 Å². The Balaban J connectivity index is 2.12. The Morgan fingerprint density at radius 1 is 1.32 bits per heavy atom. The monoisotopic (exact) mass is 341 g/mol. The van der Waals surface area contributed by atoms with Gasteiger partial charge >= 0.3 is 0 Å². The quantitative estimate of drug-likeness (QED) is 0.872. The number of hydrogen-bond acceptors (Lipinski definition) is 4. The highest BCUT2D eigenvalue weighted by molar-refractivity contribution is 9.10. The van der Waals surface area contributed by atoms with Crippen LogP contribution in [0.25, 0.3) is 0 Å². The fourth-order valence-electron chi connectivity index (χ4n) is 1.75. The van der Waals surface area contributed by atoms with E-state index in [0.717, 1.165) is 28.0 Å². The van der Waals surface area contributed by atoms with Crippen molar-refractivity contribution < 1.29 is 9.47 Å². The van der Waals surface area contributed by atoms with E-state index in [9.17, 15) is 0 Å². The van der Waals surface area contributed by atoms with Crippen molar-refractivity contribution in [3.8, 4) is 11.5 Å². The fraction of sp³-hybridized carbons (Fsp3) is 0.286. The van der Waals surface area contributed by atoms with Crippen LogP contribution >= 0.6 is 27.3 Å². The lowest BCUT2D eigenvalue weighted by Gasteiger charge is -2.12. The number of methoxy groups -OCH3 is 1. The van der Waals surface area contributed by atoms with Gasteiger partial charge < -0.3 is 15.2 Å². The maximum Gasteiger partial charge on any atom is 0.124 e. The van der Waals surface area contributed by atoms with Crippen molar-refractivity contribution in [3.05, 3.63) is 44.6 Å². The molecule has 0 unspecified atom stereocenters. The van der Waals surface area contributed by atoms with Crippen molar-refractivity contribution in [3.63, 3.8) is 0 Å². The Hall–Kier alpha value is -1.04. The Bertz CT molecular complexity index is 542. The highest BCUT2D eigenvalue weighted by atomic mass is 79.9. The second-order valence-electron chi connectivity index (χ2n) is 3.99. The number of nitrogens with two attached hydrogens (primary N) is 1. The van der Waals surface area contributed by atoms with E-state index < -0.39 is 0 Å². The first-order valence-electron chi connectivity index (χ1n) is 5.96. The molecule has 0 saturated carbocycles. The smallest absolute Gasteiger partial charge is 0.124 e. The first-order valence-corrected chi connectivity index (χ1v) is 7.63. The number of rotatable bonds is 6. The number of thiophene rings is 1. The summed E-state index contributed by atoms with van der Waals surface area (Å²) in [4.78, 5) is 1.18. The van der Waals surface area contributed by atoms with Crippen molar-refractivity contribution in [2.45, 2.75) is 13.0 Å². The molecule has 0 aliphatic carbocycles. The van der Waals surface area contributed by atoms with Crippen LogP contribution < -0.4 is 15.2 Å². The van der Waals surface area contributed by atoms with Crippen LogP contribution in [-0.2, 0) is 13.0 Å². The summed E-state index contributed by atoms with van der Waals surface area (Å²) in [5.74, 6) is 1.69. The number of halogens is 1. The van der Waals surface area contributed by atoms with Crippen LogP contribution in [0.4, 0.5) is 0 Å². The molecule has 0 fully saturated rings. The Kier molecular flexibility index (Phi) is 5.24. The molecular weight excluding hydrogens is 326 g/mol. The molecule has 5 heteroatoms. The topological polar surface area (TPSA) is 44.5 Å². The summed E-state index contributed by atoms with van der Waals surface area (Å²) in [6.45, 7) is 1.15. The van der Waals surface area contributed by atoms with Gasteiger partial charge in [-0.25, -0.2) is 0 Å². The van der Waals surface area contributed by atoms with Crippen molar-refractivity contribution in [1.82, 2.24) is 0 Å². The normalized spacial score (nSPS) is 10.5. The van der Waals surface area contributed by atoms with Gasteiger partial charge in [0.2, 0.25) is 0 Å². The van der Waals surface area contributed by atoms with E-state index >= 15 is 0 Å². The summed E-state index contributed by atoms with van der Waals surface area (Å²) in [7, 11) is 1.66. The molecule has 0 atom stereocenters. The molecule has 2 N–H and O–H groups in total. The number of benzene rings is 1. The zero-order chi connectivity index (χ0) is 13.7. The highest BCUT2D eigenvalue weighted by Gasteiger charge is 2.07. The van der Waals surface area contributed by atoms with Gasteiger partial charge in [0.25, 0.3) is 0 Å². The fourth-order valence-corrected chi connectivity index (χ4v) is 3.12. The summed E-state index contributed by atoms with van der Waals surface area (Å²) < 4.78 is 12.2. The predicted octanol–water partition coefficient (Wildman–Crippen LogP) is 3.60. The molecule has 0 aliphatic heterocycles. The summed E-state index contributed by atoms with van der Waals surface area (Å²) in [5, 5.41) is 2.04. The van der Waals surface area contributed by atoms with Crippen LogP contribution in [0.2, 0.25) is 0 Å². The largest absolute Gasteiger partial charge is 0.497 e. The van der Waals surface area contributed by atoms with Crippen LogP contribution in [0.1, 0.15) is 10.4 Å². The standard InChI is InChI=1S/C14H16BrNO2S/c1-17-11-2-3-13(10(8-11)4-6-16)18-9-14-12(15)5-7-19-14/h2-3,5,7-8H,4,6,9,16H2,1H3. The molecule has 2 rings (SSSR count). The van der Waals surface area contributed by atoms with Crippen molar-refractivity contribution in [1.29, 1.82) is 0 Å². The van der Waals surface area contributed by atoms with Gasteiger partial charge in [-0.15, -0.1) is 11.3 Å². The van der Waals surface area contributed by atoms with Crippen LogP contribution in [-0.4, -0.2) is 13.7 Å². The molecule has 2 aromatic rings. The van der Waals surface area contributed by atoms with Crippen molar-refractivity contribution in [2.24, 2.45) is 5.73 Å². The summed E-state index contributed by atoms with van der Waals surface area (Å²) >= 11 is 5.18. The van der Waals surface area contributed by atoms with Crippen LogP contribution in [0.15, 0.2) is 34.1 Å². The Labute approximate surface area is 125 Å². The average Bonchev–Trinajstić information content (AvgIpc) is 2.83. The van der Waals surface area contributed by atoms with Gasteiger partial charge in [0, 0.05) is 4.47 Å². The lowest BCUT2D eigenvalue weighted by Crippen LogP contribution is -2.05. The minimum absolute atomic E-state index is 0.558. The van der Waals surface area contributed by atoms with E-state index in [-0.39, 0.29) is 0 Å². The molecule has 1 aromatic heterocycles. The van der Waals surface area contributed by atoms with Gasteiger partial charge in [0.15, 0.2) is 0 Å². The van der Waals surface area contributed by atoms with Gasteiger partial charge in [0.1, 0.15) is 18.1 Å². The molecule has 0 saturated heterocycles. The molecule has 1 heterocycles.